The number of hydrogen-bond acceptors (Lipinski definition) is 4. The molecule has 1 saturated heterocycles. The van der Waals surface area contributed by atoms with Gasteiger partial charge in [0.1, 0.15) is 12.4 Å². The summed E-state index contributed by atoms with van der Waals surface area (Å²) in [6, 6.07) is 5.56. The van der Waals surface area contributed by atoms with Crippen molar-refractivity contribution in [3.63, 3.8) is 0 Å². The van der Waals surface area contributed by atoms with Crippen molar-refractivity contribution in [1.29, 1.82) is 0 Å². The van der Waals surface area contributed by atoms with Gasteiger partial charge in [0, 0.05) is 18.7 Å². The smallest absolute Gasteiger partial charge is 0.237 e. The van der Waals surface area contributed by atoms with Crippen molar-refractivity contribution in [2.45, 2.75) is 58.7 Å². The van der Waals surface area contributed by atoms with Crippen LogP contribution in [0.3, 0.4) is 0 Å². The second-order valence-corrected chi connectivity index (χ2v) is 7.01. The third kappa shape index (κ3) is 7.22. The van der Waals surface area contributed by atoms with E-state index >= 15 is 0 Å². The standard InChI is InChI=1S/C19H30N2O3.ClH/c1-13(2)9-17(20)19(22)21-11-15-7-6-14(3)10-18(15)24-12-16-5-4-8-23-16;/h6-7,10,13,16-17H,4-5,8-9,11-12,20H2,1-3H3,(H,21,22);1H/t16?,17-;/m0./s1. The Kier molecular flexibility index (Phi) is 9.25. The fourth-order valence-corrected chi connectivity index (χ4v) is 2.83. The Balaban J connectivity index is 0.00000312. The van der Waals surface area contributed by atoms with E-state index in [9.17, 15) is 4.79 Å². The summed E-state index contributed by atoms with van der Waals surface area (Å²) in [7, 11) is 0. The van der Waals surface area contributed by atoms with Crippen molar-refractivity contribution in [2.75, 3.05) is 13.2 Å². The van der Waals surface area contributed by atoms with E-state index < -0.39 is 6.04 Å². The number of benzene rings is 1. The maximum Gasteiger partial charge on any atom is 0.237 e. The Hall–Kier alpha value is -1.30. The Bertz CT molecular complexity index is 545. The fraction of sp³-hybridized carbons (Fsp3) is 0.632. The number of amides is 1. The maximum absolute atomic E-state index is 12.1. The van der Waals surface area contributed by atoms with Gasteiger partial charge in [0.25, 0.3) is 0 Å². The van der Waals surface area contributed by atoms with Gasteiger partial charge in [-0.1, -0.05) is 26.0 Å². The van der Waals surface area contributed by atoms with Crippen LogP contribution in [0.5, 0.6) is 5.75 Å². The summed E-state index contributed by atoms with van der Waals surface area (Å²) in [4.78, 5) is 12.1. The number of carbonyl (C=O) groups is 1. The van der Waals surface area contributed by atoms with Crippen LogP contribution in [0.15, 0.2) is 18.2 Å². The molecule has 6 heteroatoms. The van der Waals surface area contributed by atoms with E-state index in [0.717, 1.165) is 36.3 Å². The number of rotatable bonds is 8. The average molecular weight is 371 g/mol. The second kappa shape index (κ2) is 10.6. The van der Waals surface area contributed by atoms with Crippen LogP contribution >= 0.6 is 12.4 Å². The number of carbonyl (C=O) groups excluding carboxylic acids is 1. The molecule has 3 N–H and O–H groups in total. The van der Waals surface area contributed by atoms with Gasteiger partial charge in [-0.3, -0.25) is 4.79 Å². The normalized spacial score (nSPS) is 17.9. The van der Waals surface area contributed by atoms with Crippen LogP contribution in [-0.2, 0) is 16.1 Å². The maximum atomic E-state index is 12.1. The molecule has 0 aliphatic carbocycles. The monoisotopic (exact) mass is 370 g/mol. The fourth-order valence-electron chi connectivity index (χ4n) is 2.83. The molecule has 0 bridgehead atoms. The van der Waals surface area contributed by atoms with Crippen LogP contribution in [0, 0.1) is 12.8 Å². The molecule has 0 spiro atoms. The van der Waals surface area contributed by atoms with Crippen molar-refractivity contribution >= 4 is 18.3 Å². The Morgan fingerprint density at radius 1 is 1.44 bits per heavy atom. The Morgan fingerprint density at radius 3 is 2.84 bits per heavy atom. The van der Waals surface area contributed by atoms with Crippen LogP contribution < -0.4 is 15.8 Å². The number of halogens is 1. The lowest BCUT2D eigenvalue weighted by Crippen LogP contribution is -2.41. The van der Waals surface area contributed by atoms with E-state index in [-0.39, 0.29) is 24.4 Å². The highest BCUT2D eigenvalue weighted by molar-refractivity contribution is 5.85. The molecular formula is C19H31ClN2O3. The lowest BCUT2D eigenvalue weighted by Gasteiger charge is -2.17. The average Bonchev–Trinajstić information content (AvgIpc) is 3.04. The first-order chi connectivity index (χ1) is 11.5. The van der Waals surface area contributed by atoms with Crippen molar-refractivity contribution in [3.8, 4) is 5.75 Å². The summed E-state index contributed by atoms with van der Waals surface area (Å²) in [6.45, 7) is 7.94. The van der Waals surface area contributed by atoms with E-state index in [4.69, 9.17) is 15.2 Å². The Morgan fingerprint density at radius 2 is 2.20 bits per heavy atom. The zero-order chi connectivity index (χ0) is 17.5. The Labute approximate surface area is 157 Å². The van der Waals surface area contributed by atoms with Crippen LogP contribution in [0.2, 0.25) is 0 Å². The molecule has 1 aromatic rings. The SMILES string of the molecule is Cc1ccc(CNC(=O)[C@@H](N)CC(C)C)c(OCC2CCCO2)c1.Cl. The minimum absolute atomic E-state index is 0. The first-order valence-electron chi connectivity index (χ1n) is 8.83. The number of nitrogens with one attached hydrogen (secondary N) is 1. The third-order valence-corrected chi connectivity index (χ3v) is 4.19. The number of ether oxygens (including phenoxy) is 2. The second-order valence-electron chi connectivity index (χ2n) is 7.01. The molecule has 1 amide bonds. The van der Waals surface area contributed by atoms with Crippen LogP contribution in [0.4, 0.5) is 0 Å². The summed E-state index contributed by atoms with van der Waals surface area (Å²) in [5.41, 5.74) is 8.02. The van der Waals surface area contributed by atoms with Gasteiger partial charge in [-0.25, -0.2) is 0 Å². The predicted octanol–water partition coefficient (Wildman–Crippen LogP) is 2.96. The molecule has 1 aromatic carbocycles. The van der Waals surface area contributed by atoms with E-state index in [0.29, 0.717) is 25.5 Å². The molecule has 25 heavy (non-hydrogen) atoms. The first kappa shape index (κ1) is 21.7. The van der Waals surface area contributed by atoms with Crippen molar-refractivity contribution in [1.82, 2.24) is 5.32 Å². The summed E-state index contributed by atoms with van der Waals surface area (Å²) in [6.07, 6.45) is 3.00. The van der Waals surface area contributed by atoms with Crippen LogP contribution in [0.1, 0.15) is 44.2 Å². The number of aryl methyl sites for hydroxylation is 1. The molecule has 1 fully saturated rings. The largest absolute Gasteiger partial charge is 0.491 e. The van der Waals surface area contributed by atoms with Gasteiger partial charge in [-0.2, -0.15) is 0 Å². The van der Waals surface area contributed by atoms with Crippen LogP contribution in [-0.4, -0.2) is 31.3 Å². The number of nitrogens with two attached hydrogens (primary N) is 1. The molecule has 0 radical (unpaired) electrons. The summed E-state index contributed by atoms with van der Waals surface area (Å²) >= 11 is 0. The lowest BCUT2D eigenvalue weighted by molar-refractivity contribution is -0.122. The van der Waals surface area contributed by atoms with E-state index in [1.165, 1.54) is 0 Å². The summed E-state index contributed by atoms with van der Waals surface area (Å²) in [5, 5.41) is 2.92. The van der Waals surface area contributed by atoms with E-state index in [1.54, 1.807) is 0 Å². The predicted molar refractivity (Wildman–Crippen MR) is 102 cm³/mol. The summed E-state index contributed by atoms with van der Waals surface area (Å²) in [5.74, 6) is 1.09. The molecule has 1 aliphatic rings. The quantitative estimate of drug-likeness (QED) is 0.737. The molecule has 0 saturated carbocycles. The van der Waals surface area contributed by atoms with Gasteiger partial charge in [0.05, 0.1) is 12.1 Å². The highest BCUT2D eigenvalue weighted by atomic mass is 35.5. The molecule has 1 unspecified atom stereocenters. The molecule has 2 atom stereocenters. The van der Waals surface area contributed by atoms with Crippen molar-refractivity contribution in [3.05, 3.63) is 29.3 Å². The van der Waals surface area contributed by atoms with Gasteiger partial charge in [0.2, 0.25) is 5.91 Å². The molecule has 1 aliphatic heterocycles. The van der Waals surface area contributed by atoms with Gasteiger partial charge >= 0.3 is 0 Å². The molecular weight excluding hydrogens is 340 g/mol. The molecule has 0 aromatic heterocycles. The minimum atomic E-state index is -0.466. The van der Waals surface area contributed by atoms with Crippen molar-refractivity contribution < 1.29 is 14.3 Å². The third-order valence-electron chi connectivity index (χ3n) is 4.19. The van der Waals surface area contributed by atoms with Gasteiger partial charge < -0.3 is 20.5 Å². The van der Waals surface area contributed by atoms with E-state index in [2.05, 4.69) is 19.2 Å². The van der Waals surface area contributed by atoms with Gasteiger partial charge in [-0.15, -0.1) is 12.4 Å². The lowest BCUT2D eigenvalue weighted by atomic mass is 10.0. The highest BCUT2D eigenvalue weighted by Gasteiger charge is 2.18. The molecule has 142 valence electrons. The summed E-state index contributed by atoms with van der Waals surface area (Å²) < 4.78 is 11.6. The number of hydrogen-bond donors (Lipinski definition) is 2. The van der Waals surface area contributed by atoms with Gasteiger partial charge in [0.15, 0.2) is 0 Å². The zero-order valence-corrected chi connectivity index (χ0v) is 16.2. The highest BCUT2D eigenvalue weighted by Crippen LogP contribution is 2.22. The minimum Gasteiger partial charge on any atom is -0.491 e. The molecule has 5 nitrogen and oxygen atoms in total. The van der Waals surface area contributed by atoms with Crippen molar-refractivity contribution in [2.24, 2.45) is 11.7 Å². The van der Waals surface area contributed by atoms with E-state index in [1.807, 2.05) is 25.1 Å². The zero-order valence-electron chi connectivity index (χ0n) is 15.4. The first-order valence-corrected chi connectivity index (χ1v) is 8.83. The molecule has 1 heterocycles. The van der Waals surface area contributed by atoms with Gasteiger partial charge in [-0.05, 0) is 43.7 Å². The topological polar surface area (TPSA) is 73.6 Å². The molecule has 2 rings (SSSR count). The van der Waals surface area contributed by atoms with Crippen LogP contribution in [0.25, 0.3) is 0 Å².